The predicted octanol–water partition coefficient (Wildman–Crippen LogP) is 1.21. The first-order valence-electron chi connectivity index (χ1n) is 10.5. The van der Waals surface area contributed by atoms with Crippen LogP contribution in [-0.2, 0) is 16.0 Å². The number of aromatic nitrogens is 2. The number of hydrogen-bond acceptors (Lipinski definition) is 5. The molecular weight excluding hydrogens is 382 g/mol. The summed E-state index contributed by atoms with van der Waals surface area (Å²) >= 11 is 0. The second-order valence-electron chi connectivity index (χ2n) is 9.19. The molecule has 0 aromatic carbocycles. The first kappa shape index (κ1) is 22.2. The number of pyridine rings is 1. The van der Waals surface area contributed by atoms with Gasteiger partial charge < -0.3 is 25.6 Å². The molecule has 0 radical (unpaired) electrons. The number of aromatic amines is 1. The number of carbonyl (C=O) groups is 2. The lowest BCUT2D eigenvalue weighted by atomic mass is 9.85. The summed E-state index contributed by atoms with van der Waals surface area (Å²) in [7, 11) is 1.71. The van der Waals surface area contributed by atoms with Crippen LogP contribution >= 0.6 is 0 Å². The van der Waals surface area contributed by atoms with E-state index in [0.717, 1.165) is 16.6 Å². The van der Waals surface area contributed by atoms with Gasteiger partial charge in [0.25, 0.3) is 0 Å². The minimum Gasteiger partial charge on any atom is -0.391 e. The molecule has 8 nitrogen and oxygen atoms in total. The Bertz CT molecular complexity index is 904. The minimum absolute atomic E-state index is 0.154. The molecule has 0 saturated carbocycles. The second kappa shape index (κ2) is 8.73. The van der Waals surface area contributed by atoms with Gasteiger partial charge in [-0.15, -0.1) is 0 Å². The van der Waals surface area contributed by atoms with Gasteiger partial charge in [-0.1, -0.05) is 20.8 Å². The average molecular weight is 416 g/mol. The number of likely N-dealkylation sites (tertiary alicyclic amines) is 1. The van der Waals surface area contributed by atoms with Crippen molar-refractivity contribution >= 4 is 22.8 Å². The summed E-state index contributed by atoms with van der Waals surface area (Å²) in [5.41, 5.74) is 1.34. The molecule has 0 spiro atoms. The van der Waals surface area contributed by atoms with E-state index in [1.807, 2.05) is 39.1 Å². The van der Waals surface area contributed by atoms with Crippen molar-refractivity contribution in [2.45, 2.75) is 64.8 Å². The molecule has 1 aliphatic rings. The molecular formula is C22H33N5O3. The van der Waals surface area contributed by atoms with Crippen LogP contribution in [0.4, 0.5) is 0 Å². The van der Waals surface area contributed by atoms with Gasteiger partial charge in [-0.25, -0.2) is 4.98 Å². The number of carbonyl (C=O) groups excluding carboxylic acids is 2. The molecule has 2 amide bonds. The number of amides is 2. The van der Waals surface area contributed by atoms with Crippen LogP contribution in [0.3, 0.4) is 0 Å². The summed E-state index contributed by atoms with van der Waals surface area (Å²) in [6.07, 6.45) is 4.06. The second-order valence-corrected chi connectivity index (χ2v) is 9.19. The van der Waals surface area contributed by atoms with Gasteiger partial charge in [0.2, 0.25) is 11.8 Å². The Hall–Kier alpha value is -2.45. The third kappa shape index (κ3) is 4.49. The van der Waals surface area contributed by atoms with Crippen molar-refractivity contribution in [1.82, 2.24) is 25.5 Å². The van der Waals surface area contributed by atoms with Gasteiger partial charge >= 0.3 is 0 Å². The number of aliphatic hydroxyl groups is 1. The summed E-state index contributed by atoms with van der Waals surface area (Å²) in [5, 5.41) is 17.5. The summed E-state index contributed by atoms with van der Waals surface area (Å²) in [5.74, 6) is -0.372. The Morgan fingerprint density at radius 2 is 2.13 bits per heavy atom. The van der Waals surface area contributed by atoms with Crippen molar-refractivity contribution in [2.24, 2.45) is 5.41 Å². The van der Waals surface area contributed by atoms with Crippen LogP contribution in [0.15, 0.2) is 24.5 Å². The van der Waals surface area contributed by atoms with E-state index in [9.17, 15) is 14.7 Å². The maximum Gasteiger partial charge on any atom is 0.246 e. The first-order chi connectivity index (χ1) is 14.1. The Morgan fingerprint density at radius 1 is 1.40 bits per heavy atom. The van der Waals surface area contributed by atoms with E-state index in [1.54, 1.807) is 25.1 Å². The van der Waals surface area contributed by atoms with E-state index in [-0.39, 0.29) is 17.9 Å². The minimum atomic E-state index is -0.682. The molecule has 4 N–H and O–H groups in total. The lowest BCUT2D eigenvalue weighted by molar-refractivity contribution is -0.141. The van der Waals surface area contributed by atoms with Gasteiger partial charge in [0, 0.05) is 24.3 Å². The molecule has 2 aromatic heterocycles. The number of rotatable bonds is 6. The zero-order valence-corrected chi connectivity index (χ0v) is 18.4. The van der Waals surface area contributed by atoms with Gasteiger partial charge in [-0.05, 0) is 49.9 Å². The molecule has 3 heterocycles. The molecule has 0 unspecified atom stereocenters. The van der Waals surface area contributed by atoms with E-state index in [2.05, 4.69) is 20.6 Å². The third-order valence-electron chi connectivity index (χ3n) is 5.99. The predicted molar refractivity (Wildman–Crippen MR) is 116 cm³/mol. The Balaban J connectivity index is 1.83. The summed E-state index contributed by atoms with van der Waals surface area (Å²) in [4.78, 5) is 35.2. The largest absolute Gasteiger partial charge is 0.391 e. The molecule has 0 bridgehead atoms. The number of nitrogens with zero attached hydrogens (tertiary/aromatic N) is 2. The van der Waals surface area contributed by atoms with Gasteiger partial charge in [-0.3, -0.25) is 9.59 Å². The van der Waals surface area contributed by atoms with Crippen molar-refractivity contribution in [3.8, 4) is 0 Å². The smallest absolute Gasteiger partial charge is 0.246 e. The fourth-order valence-corrected chi connectivity index (χ4v) is 3.98. The van der Waals surface area contributed by atoms with Crippen LogP contribution in [0.1, 0.15) is 39.7 Å². The highest BCUT2D eigenvalue weighted by Crippen LogP contribution is 2.29. The van der Waals surface area contributed by atoms with Gasteiger partial charge in [-0.2, -0.15) is 0 Å². The van der Waals surface area contributed by atoms with Crippen LogP contribution in [0.25, 0.3) is 11.0 Å². The van der Waals surface area contributed by atoms with Crippen LogP contribution in [-0.4, -0.2) is 69.6 Å². The molecule has 164 valence electrons. The van der Waals surface area contributed by atoms with E-state index < -0.39 is 23.6 Å². The number of aliphatic hydroxyl groups excluding tert-OH is 1. The molecule has 8 heteroatoms. The number of nitrogens with one attached hydrogen (secondary N) is 3. The van der Waals surface area contributed by atoms with Crippen LogP contribution in [0.5, 0.6) is 0 Å². The lowest BCUT2D eigenvalue weighted by Crippen LogP contribution is -2.58. The topological polar surface area (TPSA) is 110 Å². The molecule has 1 fully saturated rings. The Kier molecular flexibility index (Phi) is 6.47. The lowest BCUT2D eigenvalue weighted by Gasteiger charge is -2.36. The molecule has 30 heavy (non-hydrogen) atoms. The van der Waals surface area contributed by atoms with Crippen molar-refractivity contribution < 1.29 is 14.7 Å². The molecule has 0 aliphatic carbocycles. The molecule has 1 aliphatic heterocycles. The van der Waals surface area contributed by atoms with E-state index in [0.29, 0.717) is 19.4 Å². The van der Waals surface area contributed by atoms with E-state index in [1.165, 1.54) is 0 Å². The maximum atomic E-state index is 13.5. The zero-order valence-electron chi connectivity index (χ0n) is 18.4. The van der Waals surface area contributed by atoms with Crippen LogP contribution in [0, 0.1) is 5.41 Å². The van der Waals surface area contributed by atoms with Crippen LogP contribution in [0.2, 0.25) is 0 Å². The van der Waals surface area contributed by atoms with Crippen molar-refractivity contribution in [2.75, 3.05) is 13.6 Å². The normalized spacial score (nSPS) is 21.6. The maximum absolute atomic E-state index is 13.5. The summed E-state index contributed by atoms with van der Waals surface area (Å²) in [6, 6.07) is 2.43. The number of likely N-dealkylation sites (N-methyl/N-ethyl adjacent to an activating group) is 1. The molecule has 1 saturated heterocycles. The highest BCUT2D eigenvalue weighted by atomic mass is 16.3. The molecule has 2 aromatic rings. The monoisotopic (exact) mass is 415 g/mol. The number of H-pyrrole nitrogens is 1. The van der Waals surface area contributed by atoms with Crippen molar-refractivity contribution in [1.29, 1.82) is 0 Å². The fraction of sp³-hybridized carbons (Fsp3) is 0.591. The summed E-state index contributed by atoms with van der Waals surface area (Å²) in [6.45, 7) is 8.04. The van der Waals surface area contributed by atoms with E-state index in [4.69, 9.17) is 0 Å². The highest BCUT2D eigenvalue weighted by molar-refractivity contribution is 5.90. The van der Waals surface area contributed by atoms with Crippen molar-refractivity contribution in [3.63, 3.8) is 0 Å². The van der Waals surface area contributed by atoms with Gasteiger partial charge in [0.15, 0.2) is 0 Å². The van der Waals surface area contributed by atoms with E-state index >= 15 is 0 Å². The third-order valence-corrected chi connectivity index (χ3v) is 5.99. The zero-order chi connectivity index (χ0) is 22.1. The quantitative estimate of drug-likeness (QED) is 0.567. The standard InChI is InChI=1S/C22H33N5O3/c1-13(23-5)20(29)26-18(22(2,3)4)21(30)27-10-8-17(28)16(27)11-14-12-25-19-15(14)7-6-9-24-19/h6-7,9,12-13,16-18,23,28H,8,10-11H2,1-5H3,(H,24,25)(H,26,29)/t13-,16+,17-,18+/m0/s1. The Labute approximate surface area is 177 Å². The van der Waals surface area contributed by atoms with Gasteiger partial charge in [0.1, 0.15) is 11.7 Å². The summed E-state index contributed by atoms with van der Waals surface area (Å²) < 4.78 is 0. The fourth-order valence-electron chi connectivity index (χ4n) is 3.98. The number of fused-ring (bicyclic) bond motifs is 1. The number of hydrogen-bond donors (Lipinski definition) is 4. The molecule has 3 rings (SSSR count). The van der Waals surface area contributed by atoms with Gasteiger partial charge in [0.05, 0.1) is 18.2 Å². The highest BCUT2D eigenvalue weighted by Gasteiger charge is 2.43. The SMILES string of the molecule is CN[C@@H](C)C(=O)N[C@H](C(=O)N1CC[C@H](O)[C@H]1Cc1c[nH]c2ncccc12)C(C)(C)C. The Morgan fingerprint density at radius 3 is 2.80 bits per heavy atom. The molecule has 4 atom stereocenters. The van der Waals surface area contributed by atoms with Crippen LogP contribution < -0.4 is 10.6 Å². The first-order valence-corrected chi connectivity index (χ1v) is 10.5. The average Bonchev–Trinajstić information content (AvgIpc) is 3.28. The van der Waals surface area contributed by atoms with Crippen molar-refractivity contribution in [3.05, 3.63) is 30.1 Å².